The zero-order valence-electron chi connectivity index (χ0n) is 22.1. The lowest BCUT2D eigenvalue weighted by atomic mass is 9.80. The van der Waals surface area contributed by atoms with Gasteiger partial charge in [0.25, 0.3) is 0 Å². The third kappa shape index (κ3) is 5.81. The average Bonchev–Trinajstić information content (AvgIpc) is 3.00. The summed E-state index contributed by atoms with van der Waals surface area (Å²) in [5.74, 6) is -1.49. The van der Waals surface area contributed by atoms with E-state index in [0.29, 0.717) is 12.8 Å². The summed E-state index contributed by atoms with van der Waals surface area (Å²) in [4.78, 5) is 12.1. The van der Waals surface area contributed by atoms with Crippen molar-refractivity contribution in [2.45, 2.75) is 43.9 Å². The Morgan fingerprint density at radius 1 is 0.795 bits per heavy atom. The second-order valence-corrected chi connectivity index (χ2v) is 9.85. The van der Waals surface area contributed by atoms with Crippen LogP contribution in [0.4, 0.5) is 0 Å². The molecule has 1 N–H and O–H groups in total. The van der Waals surface area contributed by atoms with Gasteiger partial charge in [0, 0.05) is 12.0 Å². The van der Waals surface area contributed by atoms with E-state index in [-0.39, 0.29) is 12.7 Å². The zero-order valence-corrected chi connectivity index (χ0v) is 22.1. The first-order valence-electron chi connectivity index (χ1n) is 13.5. The molecule has 5 heteroatoms. The Morgan fingerprint density at radius 2 is 1.26 bits per heavy atom. The van der Waals surface area contributed by atoms with Crippen LogP contribution in [0.2, 0.25) is 0 Å². The van der Waals surface area contributed by atoms with Gasteiger partial charge in [-0.15, -0.1) is 0 Å². The van der Waals surface area contributed by atoms with Crippen molar-refractivity contribution < 1.29 is 24.1 Å². The maximum Gasteiger partial charge on any atom is 0.309 e. The van der Waals surface area contributed by atoms with Crippen molar-refractivity contribution in [3.05, 3.63) is 144 Å². The highest BCUT2D eigenvalue weighted by Crippen LogP contribution is 2.42. The number of hydrogen-bond donors (Lipinski definition) is 1. The van der Waals surface area contributed by atoms with E-state index in [0.717, 1.165) is 22.3 Å². The van der Waals surface area contributed by atoms with Crippen LogP contribution < -0.4 is 0 Å². The van der Waals surface area contributed by atoms with E-state index in [1.54, 1.807) is 0 Å². The summed E-state index contributed by atoms with van der Waals surface area (Å²) in [6.07, 6.45) is -0.663. The number of carbonyl (C=O) groups is 1. The lowest BCUT2D eigenvalue weighted by molar-refractivity contribution is -0.269. The van der Waals surface area contributed by atoms with Crippen LogP contribution in [0.5, 0.6) is 0 Å². The molecule has 1 heterocycles. The number of ether oxygens (including phenoxy) is 3. The number of benzene rings is 4. The number of carboxylic acids is 1. The molecule has 0 bridgehead atoms. The van der Waals surface area contributed by atoms with Gasteiger partial charge in [-0.1, -0.05) is 128 Å². The minimum absolute atomic E-state index is 0.248. The van der Waals surface area contributed by atoms with E-state index in [1.165, 1.54) is 0 Å². The van der Waals surface area contributed by atoms with Crippen LogP contribution >= 0.6 is 0 Å². The number of rotatable bonds is 10. The summed E-state index contributed by atoms with van der Waals surface area (Å²) in [5, 5.41) is 9.92. The Bertz CT molecular complexity index is 1210. The van der Waals surface area contributed by atoms with Crippen LogP contribution in [0, 0.1) is 5.92 Å². The molecule has 0 aliphatic carbocycles. The van der Waals surface area contributed by atoms with Gasteiger partial charge >= 0.3 is 5.97 Å². The smallest absolute Gasteiger partial charge is 0.309 e. The highest BCUT2D eigenvalue weighted by molar-refractivity contribution is 5.70. The SMILES string of the molecule is CCC(C(=O)O)[C@H]1C[C@@H](COC(c2ccccc2)(c2ccccc2)c2ccccc2)O[C@@H](c2ccccc2)O1. The summed E-state index contributed by atoms with van der Waals surface area (Å²) < 4.78 is 19.7. The molecule has 4 aromatic carbocycles. The van der Waals surface area contributed by atoms with Gasteiger partial charge in [0.2, 0.25) is 0 Å². The monoisotopic (exact) mass is 522 g/mol. The Balaban J connectivity index is 1.52. The predicted octanol–water partition coefficient (Wildman–Crippen LogP) is 6.98. The Kier molecular flexibility index (Phi) is 8.52. The fraction of sp³-hybridized carbons (Fsp3) is 0.265. The van der Waals surface area contributed by atoms with Crippen molar-refractivity contribution >= 4 is 5.97 Å². The molecule has 39 heavy (non-hydrogen) atoms. The maximum absolute atomic E-state index is 12.1. The molecule has 0 saturated carbocycles. The molecule has 1 unspecified atom stereocenters. The molecule has 0 amide bonds. The van der Waals surface area contributed by atoms with E-state index in [1.807, 2.05) is 91.9 Å². The lowest BCUT2D eigenvalue weighted by Gasteiger charge is -2.41. The van der Waals surface area contributed by atoms with Gasteiger partial charge in [-0.3, -0.25) is 4.79 Å². The highest BCUT2D eigenvalue weighted by atomic mass is 16.7. The van der Waals surface area contributed by atoms with Crippen molar-refractivity contribution in [3.63, 3.8) is 0 Å². The number of hydrogen-bond acceptors (Lipinski definition) is 4. The molecular weight excluding hydrogens is 488 g/mol. The molecule has 1 fully saturated rings. The van der Waals surface area contributed by atoms with E-state index < -0.39 is 29.9 Å². The Morgan fingerprint density at radius 3 is 1.69 bits per heavy atom. The quantitative estimate of drug-likeness (QED) is 0.228. The van der Waals surface area contributed by atoms with Crippen LogP contribution in [-0.2, 0) is 24.6 Å². The first-order chi connectivity index (χ1) is 19.1. The van der Waals surface area contributed by atoms with Gasteiger partial charge in [-0.25, -0.2) is 0 Å². The summed E-state index contributed by atoms with van der Waals surface area (Å²) in [5.41, 5.74) is 2.97. The number of carboxylic acid groups (broad SMARTS) is 1. The van der Waals surface area contributed by atoms with Crippen molar-refractivity contribution in [1.29, 1.82) is 0 Å². The predicted molar refractivity (Wildman–Crippen MR) is 150 cm³/mol. The molecule has 1 aliphatic rings. The van der Waals surface area contributed by atoms with Crippen LogP contribution in [0.25, 0.3) is 0 Å². The molecule has 200 valence electrons. The molecule has 0 radical (unpaired) electrons. The Hall–Kier alpha value is -3.77. The zero-order chi connectivity index (χ0) is 27.1. The topological polar surface area (TPSA) is 65.0 Å². The summed E-state index contributed by atoms with van der Waals surface area (Å²) in [6.45, 7) is 2.13. The summed E-state index contributed by atoms with van der Waals surface area (Å²) >= 11 is 0. The van der Waals surface area contributed by atoms with E-state index >= 15 is 0 Å². The van der Waals surface area contributed by atoms with Gasteiger partial charge < -0.3 is 19.3 Å². The van der Waals surface area contributed by atoms with Crippen LogP contribution in [0.3, 0.4) is 0 Å². The first kappa shape index (κ1) is 26.8. The van der Waals surface area contributed by atoms with E-state index in [4.69, 9.17) is 14.2 Å². The largest absolute Gasteiger partial charge is 0.481 e. The third-order valence-corrected chi connectivity index (χ3v) is 7.41. The minimum Gasteiger partial charge on any atom is -0.481 e. The third-order valence-electron chi connectivity index (χ3n) is 7.41. The Labute approximate surface area is 230 Å². The minimum atomic E-state index is -0.889. The van der Waals surface area contributed by atoms with Gasteiger partial charge in [-0.05, 0) is 23.1 Å². The van der Waals surface area contributed by atoms with Crippen molar-refractivity contribution in [1.82, 2.24) is 0 Å². The highest BCUT2D eigenvalue weighted by Gasteiger charge is 2.42. The fourth-order valence-corrected chi connectivity index (χ4v) is 5.45. The normalized spacial score (nSPS) is 20.3. The van der Waals surface area contributed by atoms with Crippen molar-refractivity contribution in [2.24, 2.45) is 5.92 Å². The molecular formula is C34H34O5. The molecule has 1 aliphatic heterocycles. The van der Waals surface area contributed by atoms with Crippen LogP contribution in [0.1, 0.15) is 48.3 Å². The molecule has 0 spiro atoms. The van der Waals surface area contributed by atoms with Gasteiger partial charge in [-0.2, -0.15) is 0 Å². The van der Waals surface area contributed by atoms with E-state index in [2.05, 4.69) is 36.4 Å². The molecule has 5 nitrogen and oxygen atoms in total. The average molecular weight is 523 g/mol. The van der Waals surface area contributed by atoms with Gasteiger partial charge in [0.15, 0.2) is 6.29 Å². The lowest BCUT2D eigenvalue weighted by Crippen LogP contribution is -2.44. The first-order valence-corrected chi connectivity index (χ1v) is 13.5. The molecule has 5 rings (SSSR count). The second kappa shape index (κ2) is 12.4. The van der Waals surface area contributed by atoms with Crippen molar-refractivity contribution in [3.8, 4) is 0 Å². The number of aliphatic carboxylic acids is 1. The summed E-state index contributed by atoms with van der Waals surface area (Å²) in [7, 11) is 0. The molecule has 1 saturated heterocycles. The van der Waals surface area contributed by atoms with E-state index in [9.17, 15) is 9.90 Å². The van der Waals surface area contributed by atoms with Crippen molar-refractivity contribution in [2.75, 3.05) is 6.61 Å². The van der Waals surface area contributed by atoms with Gasteiger partial charge in [0.1, 0.15) is 5.60 Å². The van der Waals surface area contributed by atoms with Gasteiger partial charge in [0.05, 0.1) is 24.7 Å². The van der Waals surface area contributed by atoms with Crippen LogP contribution in [0.15, 0.2) is 121 Å². The second-order valence-electron chi connectivity index (χ2n) is 9.85. The van der Waals surface area contributed by atoms with Crippen LogP contribution in [-0.4, -0.2) is 29.9 Å². The molecule has 4 atom stereocenters. The molecule has 4 aromatic rings. The maximum atomic E-state index is 12.1. The summed E-state index contributed by atoms with van der Waals surface area (Å²) in [6, 6.07) is 40.3. The molecule has 0 aromatic heterocycles. The fourth-order valence-electron chi connectivity index (χ4n) is 5.45. The standard InChI is InChI=1S/C34H34O5/c1-2-30(32(35)36)31-23-29(38-33(39-31)25-15-7-3-8-16-25)24-37-34(26-17-9-4-10-18-26,27-19-11-5-12-20-27)28-21-13-6-14-22-28/h3-22,29-31,33H,2,23-24H2,1H3,(H,35,36)/t29-,30?,31+,33+/m0/s1.